The van der Waals surface area contributed by atoms with Crippen LogP contribution in [-0.4, -0.2) is 14.1 Å². The van der Waals surface area contributed by atoms with Crippen LogP contribution in [0.15, 0.2) is 34.5 Å². The molecule has 3 rings (SSSR count). The van der Waals surface area contributed by atoms with Crippen molar-refractivity contribution >= 4 is 25.1 Å². The molecule has 31 heavy (non-hydrogen) atoms. The maximum Gasteiger partial charge on any atom is 0.339 e. The molecular weight excluding hydrogens is 404 g/mol. The van der Waals surface area contributed by atoms with Crippen molar-refractivity contribution in [3.63, 3.8) is 0 Å². The number of benzene rings is 1. The van der Waals surface area contributed by atoms with Gasteiger partial charge >= 0.3 is 5.63 Å². The van der Waals surface area contributed by atoms with E-state index in [0.29, 0.717) is 30.4 Å². The minimum Gasteiger partial charge on any atom is -0.543 e. The Balaban J connectivity index is 0.00000166. The van der Waals surface area contributed by atoms with E-state index >= 15 is 0 Å². The normalized spacial score (nSPS) is 14.1. The van der Waals surface area contributed by atoms with E-state index in [4.69, 9.17) is 8.84 Å². The van der Waals surface area contributed by atoms with Crippen molar-refractivity contribution in [3.8, 4) is 5.75 Å². The monoisotopic (exact) mass is 442 g/mol. The first-order valence-electron chi connectivity index (χ1n) is 11.4. The van der Waals surface area contributed by atoms with Gasteiger partial charge in [-0.2, -0.15) is 0 Å². The number of hydrogen-bond donors (Lipinski definition) is 0. The summed E-state index contributed by atoms with van der Waals surface area (Å²) >= 11 is 0. The van der Waals surface area contributed by atoms with Crippen molar-refractivity contribution in [3.05, 3.63) is 52.4 Å². The van der Waals surface area contributed by atoms with Crippen molar-refractivity contribution in [2.24, 2.45) is 0 Å². The second kappa shape index (κ2) is 9.99. The van der Waals surface area contributed by atoms with Gasteiger partial charge < -0.3 is 8.84 Å². The lowest BCUT2D eigenvalue weighted by molar-refractivity contribution is -0.118. The third-order valence-corrected chi connectivity index (χ3v) is 10.9. The Hall–Kier alpha value is -2.14. The average Bonchev–Trinajstić information content (AvgIpc) is 2.68. The summed E-state index contributed by atoms with van der Waals surface area (Å²) in [6.07, 6.45) is 5.51. The molecule has 5 heteroatoms. The van der Waals surface area contributed by atoms with Crippen LogP contribution in [0.5, 0.6) is 5.75 Å². The van der Waals surface area contributed by atoms with Gasteiger partial charge in [0.05, 0.1) is 5.39 Å². The van der Waals surface area contributed by atoms with Crippen LogP contribution in [0, 0.1) is 0 Å². The van der Waals surface area contributed by atoms with E-state index in [-0.39, 0.29) is 16.4 Å². The second-order valence-corrected chi connectivity index (χ2v) is 14.6. The van der Waals surface area contributed by atoms with Gasteiger partial charge in [-0.3, -0.25) is 4.79 Å². The number of aryl methyl sites for hydroxylation is 1. The Morgan fingerprint density at radius 3 is 2.35 bits per heavy atom. The van der Waals surface area contributed by atoms with E-state index < -0.39 is 8.32 Å². The van der Waals surface area contributed by atoms with Crippen LogP contribution >= 0.6 is 0 Å². The number of Topliss-reactive ketones (excluding diaryl/α,β-unsaturated/α-hetero) is 1. The molecule has 0 radical (unpaired) electrons. The van der Waals surface area contributed by atoms with Crippen LogP contribution in [0.1, 0.15) is 70.1 Å². The molecule has 0 spiro atoms. The highest BCUT2D eigenvalue weighted by molar-refractivity contribution is 6.74. The summed E-state index contributed by atoms with van der Waals surface area (Å²) < 4.78 is 12.5. The first-order chi connectivity index (χ1) is 14.5. The largest absolute Gasteiger partial charge is 0.543 e. The number of hydrogen-bond acceptors (Lipinski definition) is 4. The molecule has 2 aromatic rings. The van der Waals surface area contributed by atoms with E-state index in [1.54, 1.807) is 0 Å². The van der Waals surface area contributed by atoms with E-state index in [0.717, 1.165) is 41.5 Å². The summed E-state index contributed by atoms with van der Waals surface area (Å²) in [5.74, 6) is 0.963. The van der Waals surface area contributed by atoms with E-state index in [1.807, 2.05) is 6.07 Å². The van der Waals surface area contributed by atoms with Gasteiger partial charge in [0.2, 0.25) is 0 Å². The van der Waals surface area contributed by atoms with Crippen LogP contribution in [-0.2, 0) is 24.1 Å². The molecule has 0 saturated heterocycles. The molecule has 1 aromatic heterocycles. The summed E-state index contributed by atoms with van der Waals surface area (Å²) in [5, 5.41) is 0.875. The molecule has 0 unspecified atom stereocenters. The highest BCUT2D eigenvalue weighted by Gasteiger charge is 2.40. The molecule has 170 valence electrons. The molecule has 1 aliphatic rings. The number of ketones is 1. The summed E-state index contributed by atoms with van der Waals surface area (Å²) in [4.78, 5) is 24.8. The maximum absolute atomic E-state index is 12.6. The van der Waals surface area contributed by atoms with Gasteiger partial charge in [0, 0.05) is 18.4 Å². The second-order valence-electron chi connectivity index (χ2n) is 9.85. The highest BCUT2D eigenvalue weighted by Crippen LogP contribution is 2.41. The van der Waals surface area contributed by atoms with Crippen molar-refractivity contribution in [1.29, 1.82) is 0 Å². The first-order valence-corrected chi connectivity index (χ1v) is 14.3. The predicted molar refractivity (Wildman–Crippen MR) is 132 cm³/mol. The van der Waals surface area contributed by atoms with Crippen molar-refractivity contribution in [2.45, 2.75) is 90.8 Å². The third kappa shape index (κ3) is 5.56. The van der Waals surface area contributed by atoms with Crippen molar-refractivity contribution < 1.29 is 13.6 Å². The quantitative estimate of drug-likeness (QED) is 0.214. The van der Waals surface area contributed by atoms with Gasteiger partial charge in [-0.1, -0.05) is 40.5 Å². The van der Waals surface area contributed by atoms with E-state index in [1.165, 1.54) is 6.42 Å². The predicted octanol–water partition coefficient (Wildman–Crippen LogP) is 6.77. The zero-order valence-corrected chi connectivity index (χ0v) is 21.2. The number of fused-ring (bicyclic) bond motifs is 3. The topological polar surface area (TPSA) is 56.5 Å². The standard InChI is InChI=1S/C24H34O4Si.C2H4/c1-7-8-9-10-16-13-20-22(21(14-16)28-29(5,6)24(2,3)4)19-15-17(25)11-12-18(19)23(26)27-20;1-2/h13-14H,7-12,15H2,1-6H3;1-2H2. The van der Waals surface area contributed by atoms with Crippen LogP contribution in [0.25, 0.3) is 11.0 Å². The SMILES string of the molecule is C=C.CCCCCc1cc(O[Si](C)(C)C(C)(C)C)c2c3c(c(=O)oc2c1)CCC(=O)C3. The minimum atomic E-state index is -2.10. The molecule has 0 amide bonds. The molecule has 0 N–H and O–H groups in total. The number of carbonyl (C=O) groups is 1. The smallest absolute Gasteiger partial charge is 0.339 e. The van der Waals surface area contributed by atoms with Gasteiger partial charge in [0.1, 0.15) is 17.1 Å². The molecule has 1 aliphatic carbocycles. The van der Waals surface area contributed by atoms with Crippen LogP contribution < -0.4 is 10.1 Å². The Labute approximate surface area is 187 Å². The van der Waals surface area contributed by atoms with Gasteiger partial charge in [-0.05, 0) is 60.7 Å². The summed E-state index contributed by atoms with van der Waals surface area (Å²) in [6.45, 7) is 19.3. The lowest BCUT2D eigenvalue weighted by Crippen LogP contribution is -2.44. The summed E-state index contributed by atoms with van der Waals surface area (Å²) in [7, 11) is -2.10. The van der Waals surface area contributed by atoms with Gasteiger partial charge in [-0.25, -0.2) is 4.79 Å². The fourth-order valence-electron chi connectivity index (χ4n) is 3.69. The lowest BCUT2D eigenvalue weighted by atomic mass is 9.89. The zero-order chi connectivity index (χ0) is 23.4. The fourth-order valence-corrected chi connectivity index (χ4v) is 4.70. The fraction of sp³-hybridized carbons (Fsp3) is 0.538. The van der Waals surface area contributed by atoms with Crippen molar-refractivity contribution in [2.75, 3.05) is 0 Å². The molecular formula is C26H38O4Si. The van der Waals surface area contributed by atoms with Crippen molar-refractivity contribution in [1.82, 2.24) is 0 Å². The molecule has 0 saturated carbocycles. The maximum atomic E-state index is 12.6. The van der Waals surface area contributed by atoms with Gasteiger partial charge in [0.15, 0.2) is 0 Å². The molecule has 1 heterocycles. The minimum absolute atomic E-state index is 0.0447. The average molecular weight is 443 g/mol. The Bertz CT molecular complexity index is 995. The Morgan fingerprint density at radius 1 is 1.06 bits per heavy atom. The molecule has 0 aliphatic heterocycles. The van der Waals surface area contributed by atoms with Gasteiger partial charge in [0.25, 0.3) is 8.32 Å². The zero-order valence-electron chi connectivity index (χ0n) is 20.2. The molecule has 0 bridgehead atoms. The molecule has 0 fully saturated rings. The highest BCUT2D eigenvalue weighted by atomic mass is 28.4. The van der Waals surface area contributed by atoms with E-state index in [9.17, 15) is 9.59 Å². The van der Waals surface area contributed by atoms with Crippen LogP contribution in [0.4, 0.5) is 0 Å². The molecule has 1 aromatic carbocycles. The van der Waals surface area contributed by atoms with Gasteiger partial charge in [-0.15, -0.1) is 13.2 Å². The molecule has 0 atom stereocenters. The van der Waals surface area contributed by atoms with E-state index in [2.05, 4.69) is 60.0 Å². The summed E-state index contributed by atoms with van der Waals surface area (Å²) in [5.41, 5.74) is 2.86. The first kappa shape index (κ1) is 25.1. The number of carbonyl (C=O) groups excluding carboxylic acids is 1. The Kier molecular flexibility index (Phi) is 8.09. The van der Waals surface area contributed by atoms with Crippen LogP contribution in [0.3, 0.4) is 0 Å². The third-order valence-electron chi connectivity index (χ3n) is 6.51. The summed E-state index contributed by atoms with van der Waals surface area (Å²) in [6, 6.07) is 4.10. The lowest BCUT2D eigenvalue weighted by Gasteiger charge is -2.37. The Morgan fingerprint density at radius 2 is 1.74 bits per heavy atom. The molecule has 4 nitrogen and oxygen atoms in total. The number of unbranched alkanes of at least 4 members (excludes halogenated alkanes) is 2. The number of rotatable bonds is 6. The van der Waals surface area contributed by atoms with Crippen LogP contribution in [0.2, 0.25) is 18.1 Å².